The van der Waals surface area contributed by atoms with Crippen LogP contribution in [0.3, 0.4) is 0 Å². The van der Waals surface area contributed by atoms with Crippen LogP contribution in [0, 0.1) is 0 Å². The van der Waals surface area contributed by atoms with Gasteiger partial charge < -0.3 is 30.9 Å². The highest BCUT2D eigenvalue weighted by atomic mass is 32.7. The SMILES string of the molecule is C=C1C(O)[C@@H](COP(=O)(S)OC2C[C@H](n3c(=O)sc4c(=O)[nH]c(N)nc43)O[C@@H]2COP(=O)(O)S)O[C@H]1n1cnc2c(N)ncnc21. The fraction of sp³-hybridized carbons (Fsp3) is 0.429. The number of aromatic nitrogens is 7. The van der Waals surface area contributed by atoms with Crippen LogP contribution >= 0.6 is 49.4 Å². The normalized spacial score (nSPS) is 27.8. The van der Waals surface area contributed by atoms with Crippen molar-refractivity contribution in [1.82, 2.24) is 34.1 Å². The average Bonchev–Trinajstić information content (AvgIpc) is 3.71. The molecular formula is C21H25N9O11P2S3. The number of hydrogen-bond acceptors (Lipinski definition) is 17. The van der Waals surface area contributed by atoms with E-state index in [0.717, 1.165) is 4.57 Å². The Labute approximate surface area is 271 Å². The highest BCUT2D eigenvalue weighted by molar-refractivity contribution is 8.44. The summed E-state index contributed by atoms with van der Waals surface area (Å²) in [7, 11) is 0. The zero-order chi connectivity index (χ0) is 33.1. The molecule has 8 atom stereocenters. The maximum absolute atomic E-state index is 13.4. The molecule has 0 aromatic carbocycles. The summed E-state index contributed by atoms with van der Waals surface area (Å²) in [4.78, 5) is 52.6. The number of rotatable bonds is 10. The summed E-state index contributed by atoms with van der Waals surface area (Å²) in [5.41, 5.74) is 11.7. The van der Waals surface area contributed by atoms with Crippen molar-refractivity contribution in [2.75, 3.05) is 24.7 Å². The van der Waals surface area contributed by atoms with Crippen LogP contribution in [-0.4, -0.2) is 81.7 Å². The largest absolute Gasteiger partial charge is 0.386 e. The quantitative estimate of drug-likeness (QED) is 0.0671. The van der Waals surface area contributed by atoms with E-state index < -0.39 is 74.1 Å². The lowest BCUT2D eigenvalue weighted by Crippen LogP contribution is -2.29. The van der Waals surface area contributed by atoms with Gasteiger partial charge in [0.05, 0.1) is 19.5 Å². The molecule has 0 spiro atoms. The van der Waals surface area contributed by atoms with Gasteiger partial charge in [0.2, 0.25) is 5.95 Å². The number of thiazole rings is 1. The van der Waals surface area contributed by atoms with E-state index in [-0.39, 0.29) is 34.1 Å². The van der Waals surface area contributed by atoms with Crippen molar-refractivity contribution < 1.29 is 42.2 Å². The Kier molecular flexibility index (Phi) is 8.97. The Hall–Kier alpha value is -2.66. The number of thiol groups is 2. The van der Waals surface area contributed by atoms with Crippen LogP contribution in [0.5, 0.6) is 0 Å². The third-order valence-electron chi connectivity index (χ3n) is 7.03. The number of nitrogens with zero attached hydrogens (tertiary/aromatic N) is 6. The van der Waals surface area contributed by atoms with Gasteiger partial charge in [-0.05, 0) is 0 Å². The molecule has 4 aromatic heterocycles. The summed E-state index contributed by atoms with van der Waals surface area (Å²) < 4.78 is 55.4. The minimum absolute atomic E-state index is 0.0204. The molecule has 46 heavy (non-hydrogen) atoms. The summed E-state index contributed by atoms with van der Waals surface area (Å²) in [6.45, 7) is -5.77. The maximum Gasteiger partial charge on any atom is 0.386 e. The molecule has 25 heteroatoms. The highest BCUT2D eigenvalue weighted by Gasteiger charge is 2.45. The van der Waals surface area contributed by atoms with Gasteiger partial charge in [0, 0.05) is 12.0 Å². The first-order valence-electron chi connectivity index (χ1n) is 13.0. The zero-order valence-electron chi connectivity index (χ0n) is 23.1. The molecule has 0 bridgehead atoms. The molecule has 2 fully saturated rings. The number of H-pyrrole nitrogens is 1. The van der Waals surface area contributed by atoms with Crippen molar-refractivity contribution in [2.45, 2.75) is 43.3 Å². The molecular weight excluding hydrogens is 712 g/mol. The fourth-order valence-electron chi connectivity index (χ4n) is 4.99. The van der Waals surface area contributed by atoms with Crippen molar-refractivity contribution in [3.63, 3.8) is 0 Å². The summed E-state index contributed by atoms with van der Waals surface area (Å²) in [6, 6.07) is 0. The summed E-state index contributed by atoms with van der Waals surface area (Å²) in [5, 5.41) is 10.8. The topological polar surface area (TPSA) is 284 Å². The Morgan fingerprint density at radius 3 is 2.61 bits per heavy atom. The second-order valence-electron chi connectivity index (χ2n) is 10.0. The van der Waals surface area contributed by atoms with E-state index in [1.54, 1.807) is 0 Å². The predicted octanol–water partition coefficient (Wildman–Crippen LogP) is 0.739. The first-order valence-corrected chi connectivity index (χ1v) is 19.2. The molecule has 2 saturated heterocycles. The number of hydrogen-bond donors (Lipinski definition) is 7. The molecule has 20 nitrogen and oxygen atoms in total. The molecule has 2 aliphatic heterocycles. The number of nitrogens with two attached hydrogens (primary N) is 2. The minimum atomic E-state index is -4.30. The monoisotopic (exact) mass is 737 g/mol. The molecule has 2 aliphatic rings. The van der Waals surface area contributed by atoms with Crippen molar-refractivity contribution >= 4 is 82.7 Å². The van der Waals surface area contributed by atoms with Gasteiger partial charge >= 0.3 is 18.5 Å². The van der Waals surface area contributed by atoms with Crippen molar-refractivity contribution in [1.29, 1.82) is 0 Å². The standard InChI is InChI=1S/C21H25N9O11P2S3/c1-7-13(31)10(40-19(7)29-6-26-12-15(22)24-5-25-16(12)29)4-38-43(36,45)41-8-2-11(39-9(8)3-37-42(34,35)44)30-17-14(46-21(30)33)18(32)28-20(23)27-17/h5-6,8-11,13,19,31H,1-4H2,(H,36,45)(H2,22,24,25)(H2,34,35,44)(H3,23,27,28,32)/t8?,9-,10-,11-,13?,19-,43?/m1/s1. The minimum Gasteiger partial charge on any atom is -0.386 e. The molecule has 6 rings (SSSR count). The van der Waals surface area contributed by atoms with Crippen LogP contribution in [0.4, 0.5) is 11.8 Å². The Balaban J connectivity index is 1.18. The van der Waals surface area contributed by atoms with Gasteiger partial charge in [-0.2, -0.15) is 4.98 Å². The summed E-state index contributed by atoms with van der Waals surface area (Å²) >= 11 is 8.13. The van der Waals surface area contributed by atoms with Crippen LogP contribution in [0.2, 0.25) is 0 Å². The molecule has 0 radical (unpaired) electrons. The number of nitrogens with one attached hydrogen (secondary N) is 1. The van der Waals surface area contributed by atoms with E-state index >= 15 is 0 Å². The molecule has 0 saturated carbocycles. The average molecular weight is 738 g/mol. The third kappa shape index (κ3) is 6.55. The van der Waals surface area contributed by atoms with Crippen LogP contribution in [0.25, 0.3) is 21.5 Å². The van der Waals surface area contributed by atoms with Gasteiger partial charge in [0.1, 0.15) is 47.2 Å². The van der Waals surface area contributed by atoms with Crippen LogP contribution in [-0.2, 0) is 32.2 Å². The molecule has 4 unspecified atom stereocenters. The van der Waals surface area contributed by atoms with E-state index in [1.165, 1.54) is 17.2 Å². The second-order valence-corrected chi connectivity index (χ2v) is 16.6. The van der Waals surface area contributed by atoms with Crippen LogP contribution < -0.4 is 21.9 Å². The number of anilines is 2. The summed E-state index contributed by atoms with van der Waals surface area (Å²) in [6.07, 6.45) is -4.41. The highest BCUT2D eigenvalue weighted by Crippen LogP contribution is 2.57. The molecule has 0 amide bonds. The predicted molar refractivity (Wildman–Crippen MR) is 168 cm³/mol. The Bertz CT molecular complexity index is 2050. The third-order valence-corrected chi connectivity index (χ3v) is 10.4. The lowest BCUT2D eigenvalue weighted by Gasteiger charge is -2.23. The van der Waals surface area contributed by atoms with E-state index in [2.05, 4.69) is 56.0 Å². The van der Waals surface area contributed by atoms with Crippen LogP contribution in [0.1, 0.15) is 18.9 Å². The lowest BCUT2D eigenvalue weighted by molar-refractivity contribution is -0.0462. The number of ether oxygens (including phenoxy) is 2. The maximum atomic E-state index is 13.4. The van der Waals surface area contributed by atoms with E-state index in [1.807, 2.05) is 0 Å². The lowest BCUT2D eigenvalue weighted by atomic mass is 10.1. The van der Waals surface area contributed by atoms with Gasteiger partial charge in [-0.15, -0.1) is 0 Å². The smallest absolute Gasteiger partial charge is 0.386 e. The van der Waals surface area contributed by atoms with Crippen molar-refractivity contribution in [3.05, 3.63) is 44.8 Å². The number of nitrogen functional groups attached to an aromatic ring is 2. The van der Waals surface area contributed by atoms with Gasteiger partial charge in [-0.1, -0.05) is 42.4 Å². The van der Waals surface area contributed by atoms with Gasteiger partial charge in [-0.3, -0.25) is 37.3 Å². The molecule has 0 aliphatic carbocycles. The number of aliphatic hydroxyl groups is 1. The summed E-state index contributed by atoms with van der Waals surface area (Å²) in [5.74, 6) is -0.107. The van der Waals surface area contributed by atoms with Crippen LogP contribution in [0.15, 0.2) is 34.4 Å². The molecule has 6 heterocycles. The Morgan fingerprint density at radius 1 is 1.13 bits per heavy atom. The number of aliphatic hydroxyl groups excluding tert-OH is 1. The van der Waals surface area contributed by atoms with Crippen molar-refractivity contribution in [3.8, 4) is 0 Å². The molecule has 7 N–H and O–H groups in total. The first kappa shape index (κ1) is 33.2. The number of aromatic amines is 1. The van der Waals surface area contributed by atoms with Crippen molar-refractivity contribution in [2.24, 2.45) is 0 Å². The molecule has 248 valence electrons. The van der Waals surface area contributed by atoms with Gasteiger partial charge in [0.25, 0.3) is 5.56 Å². The van der Waals surface area contributed by atoms with E-state index in [9.17, 15) is 28.7 Å². The zero-order valence-corrected chi connectivity index (χ0v) is 27.4. The van der Waals surface area contributed by atoms with E-state index in [0.29, 0.717) is 22.5 Å². The number of fused-ring (bicyclic) bond motifs is 2. The first-order chi connectivity index (χ1) is 21.6. The number of imidazole rings is 1. The Morgan fingerprint density at radius 2 is 1.87 bits per heavy atom. The molecule has 4 aromatic rings. The van der Waals surface area contributed by atoms with E-state index in [4.69, 9.17) is 34.5 Å². The van der Waals surface area contributed by atoms with Gasteiger partial charge in [-0.25, -0.2) is 24.1 Å². The fourth-order valence-corrected chi connectivity index (χ4v) is 7.91. The second kappa shape index (κ2) is 12.4. The van der Waals surface area contributed by atoms with Gasteiger partial charge in [0.15, 0.2) is 23.3 Å².